The van der Waals surface area contributed by atoms with Crippen molar-refractivity contribution in [1.29, 1.82) is 0 Å². The third-order valence-corrected chi connectivity index (χ3v) is 15.2. The predicted molar refractivity (Wildman–Crippen MR) is 321 cm³/mol. The van der Waals surface area contributed by atoms with E-state index in [2.05, 4.69) is 62.5 Å². The first-order valence-electron chi connectivity index (χ1n) is 31.9. The predicted octanol–water partition coefficient (Wildman–Crippen LogP) is 19.0. The minimum atomic E-state index is -4.70. The molecule has 75 heavy (non-hydrogen) atoms. The molecule has 0 rings (SSSR count). The number of likely N-dealkylation sites (N-methyl/N-ethyl adjacent to an activating group) is 1. The summed E-state index contributed by atoms with van der Waals surface area (Å²) in [5, 5.41) is 3.03. The van der Waals surface area contributed by atoms with Crippen molar-refractivity contribution in [3.63, 3.8) is 0 Å². The lowest BCUT2D eigenvalue weighted by molar-refractivity contribution is -0.870. The van der Waals surface area contributed by atoms with E-state index in [0.29, 0.717) is 17.4 Å². The first-order chi connectivity index (χ1) is 36.4. The molecule has 0 aromatic carbocycles. The molecule has 0 aromatic heterocycles. The number of carbonyl (C=O) groups is 2. The maximum atomic E-state index is 13.5. The summed E-state index contributed by atoms with van der Waals surface area (Å²) in [7, 11) is 1.19. The molecule has 0 spiro atoms. The van der Waals surface area contributed by atoms with Crippen LogP contribution in [-0.4, -0.2) is 69.4 Å². The Balaban J connectivity index is 5.26. The van der Waals surface area contributed by atoms with Gasteiger partial charge in [-0.3, -0.25) is 14.2 Å². The smallest absolute Gasteiger partial charge is 0.306 e. The fraction of sp³-hybridized carbons (Fsp3) is 0.846. The molecule has 1 N–H and O–H groups in total. The first kappa shape index (κ1) is 73.0. The normalized spacial score (nSPS) is 14.0. The van der Waals surface area contributed by atoms with Crippen molar-refractivity contribution in [2.75, 3.05) is 40.9 Å². The fourth-order valence-electron chi connectivity index (χ4n) is 9.25. The van der Waals surface area contributed by atoms with Gasteiger partial charge in [0.15, 0.2) is 0 Å². The molecule has 0 aliphatic carbocycles. The van der Waals surface area contributed by atoms with Crippen LogP contribution in [0.4, 0.5) is 0 Å². The topological polar surface area (TPSA) is 114 Å². The second kappa shape index (κ2) is 55.3. The van der Waals surface area contributed by atoms with E-state index in [1.54, 1.807) is 0 Å². The lowest BCUT2D eigenvalue weighted by atomic mass is 10.0. The Kier molecular flexibility index (Phi) is 53.8. The second-order valence-corrected chi connectivity index (χ2v) is 24.3. The maximum absolute atomic E-state index is 13.5. The van der Waals surface area contributed by atoms with Crippen LogP contribution in [0.3, 0.4) is 0 Å². The molecule has 0 aromatic rings. The fourth-order valence-corrected chi connectivity index (χ4v) is 9.98. The van der Waals surface area contributed by atoms with Crippen LogP contribution in [0.1, 0.15) is 303 Å². The molecule has 0 bridgehead atoms. The number of amides is 1. The first-order valence-corrected chi connectivity index (χ1v) is 33.4. The Labute approximate surface area is 465 Å². The van der Waals surface area contributed by atoms with E-state index in [9.17, 15) is 19.0 Å². The summed E-state index contributed by atoms with van der Waals surface area (Å²) in [5.74, 6) is -0.541. The van der Waals surface area contributed by atoms with E-state index in [-0.39, 0.29) is 31.5 Å². The molecule has 1 amide bonds. The second-order valence-electron chi connectivity index (χ2n) is 22.9. The van der Waals surface area contributed by atoms with Gasteiger partial charge >= 0.3 is 5.97 Å². The molecule has 0 aliphatic rings. The molecular formula is C65H123N2O7P. The zero-order chi connectivity index (χ0) is 55.0. The number of nitrogens with one attached hydrogen (secondary N) is 1. The van der Waals surface area contributed by atoms with Crippen LogP contribution in [0.25, 0.3) is 0 Å². The number of hydrogen-bond donors (Lipinski definition) is 1. The molecule has 10 heteroatoms. The average molecular weight is 1080 g/mol. The molecule has 3 unspecified atom stereocenters. The molecule has 0 fully saturated rings. The van der Waals surface area contributed by atoms with E-state index in [4.69, 9.17) is 13.8 Å². The van der Waals surface area contributed by atoms with Crippen LogP contribution >= 0.6 is 7.82 Å². The van der Waals surface area contributed by atoms with Crippen LogP contribution in [0.15, 0.2) is 48.6 Å². The zero-order valence-electron chi connectivity index (χ0n) is 50.3. The molecular weight excluding hydrogens is 952 g/mol. The molecule has 0 radical (unpaired) electrons. The van der Waals surface area contributed by atoms with Crippen molar-refractivity contribution in [2.45, 2.75) is 315 Å². The SMILES string of the molecule is CCCCC/C=C\C/C=C\CCCCCCCCCCCC(=O)OC(/C=C/CCCCCCCCCCCCC)C(COP(=O)([O-])OCC[N+](C)(C)C)NC(=O)CCCCCCCCC/C=C/CCCCCCCC. The van der Waals surface area contributed by atoms with Gasteiger partial charge in [0.25, 0.3) is 7.82 Å². The molecule has 0 heterocycles. The van der Waals surface area contributed by atoms with Crippen LogP contribution in [0, 0.1) is 0 Å². The number of phosphoric acid groups is 1. The number of unbranched alkanes of at least 4 members (excludes halogenated alkanes) is 36. The Morgan fingerprint density at radius 3 is 1.24 bits per heavy atom. The van der Waals surface area contributed by atoms with Gasteiger partial charge < -0.3 is 28.5 Å². The highest BCUT2D eigenvalue weighted by Gasteiger charge is 2.27. The summed E-state index contributed by atoms with van der Waals surface area (Å²) >= 11 is 0. The minimum absolute atomic E-state index is 0.0233. The number of rotatable bonds is 58. The van der Waals surface area contributed by atoms with E-state index in [1.165, 1.54) is 193 Å². The highest BCUT2D eigenvalue weighted by molar-refractivity contribution is 7.45. The Morgan fingerprint density at radius 2 is 0.813 bits per heavy atom. The van der Waals surface area contributed by atoms with Crippen molar-refractivity contribution in [1.82, 2.24) is 5.32 Å². The summed E-state index contributed by atoms with van der Waals surface area (Å²) in [4.78, 5) is 40.0. The largest absolute Gasteiger partial charge is 0.756 e. The number of quaternary nitrogens is 1. The molecule has 9 nitrogen and oxygen atoms in total. The van der Waals surface area contributed by atoms with Crippen molar-refractivity contribution in [3.8, 4) is 0 Å². The lowest BCUT2D eigenvalue weighted by Gasteiger charge is -2.30. The van der Waals surface area contributed by atoms with E-state index in [0.717, 1.165) is 77.0 Å². The average Bonchev–Trinajstić information content (AvgIpc) is 3.37. The Bertz CT molecular complexity index is 1420. The van der Waals surface area contributed by atoms with Crippen LogP contribution in [0.2, 0.25) is 0 Å². The van der Waals surface area contributed by atoms with Crippen molar-refractivity contribution < 1.29 is 37.3 Å². The summed E-state index contributed by atoms with van der Waals surface area (Å²) in [5.41, 5.74) is 0. The van der Waals surface area contributed by atoms with Gasteiger partial charge in [0, 0.05) is 12.8 Å². The van der Waals surface area contributed by atoms with Gasteiger partial charge in [0.1, 0.15) is 19.3 Å². The summed E-state index contributed by atoms with van der Waals surface area (Å²) < 4.78 is 30.4. The zero-order valence-corrected chi connectivity index (χ0v) is 51.2. The number of ether oxygens (including phenoxy) is 1. The third kappa shape index (κ3) is 56.5. The van der Waals surface area contributed by atoms with Gasteiger partial charge in [0.2, 0.25) is 5.91 Å². The van der Waals surface area contributed by atoms with Gasteiger partial charge in [-0.05, 0) is 89.5 Å². The van der Waals surface area contributed by atoms with E-state index >= 15 is 0 Å². The monoisotopic (exact) mass is 1070 g/mol. The molecule has 3 atom stereocenters. The number of hydrogen-bond acceptors (Lipinski definition) is 7. The lowest BCUT2D eigenvalue weighted by Crippen LogP contribution is -2.47. The van der Waals surface area contributed by atoms with E-state index < -0.39 is 20.0 Å². The van der Waals surface area contributed by atoms with Gasteiger partial charge in [-0.2, -0.15) is 0 Å². The quantitative estimate of drug-likeness (QED) is 0.0212. The summed E-state index contributed by atoms with van der Waals surface area (Å²) in [6.45, 7) is 6.84. The van der Waals surface area contributed by atoms with E-state index in [1.807, 2.05) is 33.3 Å². The number of esters is 1. The standard InChI is InChI=1S/C65H123N2O7P/c1-7-10-13-16-19-22-25-28-30-32-33-35-37-40-43-46-49-52-55-58-65(69)74-63(56-53-50-47-44-41-38-27-24-21-18-15-12-9-3)62(61-73-75(70,71)72-60-59-67(4,5)6)66-64(68)57-54-51-48-45-42-39-36-34-31-29-26-23-20-17-14-11-8-2/h19,22,28-31,53,56,62-63H,7-18,20-21,23-27,32-52,54-55,57-61H2,1-6H3,(H-,66,68,70,71)/b22-19-,30-28-,31-29+,56-53+. The number of nitrogens with zero attached hydrogens (tertiary/aromatic N) is 1. The summed E-state index contributed by atoms with van der Waals surface area (Å²) in [6, 6.07) is -0.891. The maximum Gasteiger partial charge on any atom is 0.306 e. The molecule has 0 saturated carbocycles. The van der Waals surface area contributed by atoms with Gasteiger partial charge in [-0.25, -0.2) is 0 Å². The molecule has 0 aliphatic heterocycles. The number of allylic oxidation sites excluding steroid dienone is 7. The van der Waals surface area contributed by atoms with Crippen LogP contribution < -0.4 is 10.2 Å². The van der Waals surface area contributed by atoms with Crippen molar-refractivity contribution in [2.24, 2.45) is 0 Å². The minimum Gasteiger partial charge on any atom is -0.756 e. The van der Waals surface area contributed by atoms with Crippen LogP contribution in [-0.2, 0) is 27.9 Å². The van der Waals surface area contributed by atoms with Crippen molar-refractivity contribution >= 4 is 19.7 Å². The highest BCUT2D eigenvalue weighted by atomic mass is 31.2. The van der Waals surface area contributed by atoms with Gasteiger partial charge in [-0.15, -0.1) is 0 Å². The number of carbonyl (C=O) groups excluding carboxylic acids is 2. The Morgan fingerprint density at radius 1 is 0.467 bits per heavy atom. The molecule has 0 saturated heterocycles. The highest BCUT2D eigenvalue weighted by Crippen LogP contribution is 2.38. The van der Waals surface area contributed by atoms with Gasteiger partial charge in [-0.1, -0.05) is 250 Å². The van der Waals surface area contributed by atoms with Crippen LogP contribution in [0.5, 0.6) is 0 Å². The van der Waals surface area contributed by atoms with Gasteiger partial charge in [0.05, 0.1) is 33.8 Å². The molecule has 440 valence electrons. The third-order valence-electron chi connectivity index (χ3n) is 14.2. The summed E-state index contributed by atoms with van der Waals surface area (Å²) in [6.07, 6.45) is 67.8. The number of phosphoric ester groups is 1. The Hall–Kier alpha value is -2.03. The van der Waals surface area contributed by atoms with Crippen molar-refractivity contribution in [3.05, 3.63) is 48.6 Å².